The molecule has 6 nitrogen and oxygen atoms in total. The second-order valence-electron chi connectivity index (χ2n) is 9.43. The zero-order valence-corrected chi connectivity index (χ0v) is 20.4. The van der Waals surface area contributed by atoms with E-state index in [0.29, 0.717) is 31.4 Å². The largest absolute Gasteiger partial charge is 0.421 e. The molecule has 1 N–H and O–H groups in total. The molecule has 0 amide bonds. The molecule has 2 saturated heterocycles. The van der Waals surface area contributed by atoms with Gasteiger partial charge in [-0.05, 0) is 61.9 Å². The minimum atomic E-state index is -4.79. The maximum Gasteiger partial charge on any atom is 0.421 e. The first-order chi connectivity index (χ1) is 16.5. The van der Waals surface area contributed by atoms with E-state index >= 15 is 0 Å². The first-order valence-corrected chi connectivity index (χ1v) is 13.2. The Hall–Kier alpha value is -2.14. The van der Waals surface area contributed by atoms with Crippen LogP contribution >= 0.6 is 0 Å². The average Bonchev–Trinajstić information content (AvgIpc) is 2.84. The monoisotopic (exact) mass is 512 g/mol. The number of piperazine rings is 1. The Labute approximate surface area is 204 Å². The highest BCUT2D eigenvalue weighted by Crippen LogP contribution is 2.39. The van der Waals surface area contributed by atoms with Crippen LogP contribution in [0.5, 0.6) is 0 Å². The number of anilines is 1. The van der Waals surface area contributed by atoms with E-state index in [0.717, 1.165) is 26.2 Å². The number of sulfonamides is 1. The third kappa shape index (κ3) is 5.50. The summed E-state index contributed by atoms with van der Waals surface area (Å²) in [5.41, 5.74) is -2.48. The molecule has 2 aromatic carbocycles. The normalized spacial score (nSPS) is 22.7. The van der Waals surface area contributed by atoms with Gasteiger partial charge in [-0.2, -0.15) is 17.5 Å². The Morgan fingerprint density at radius 2 is 1.63 bits per heavy atom. The van der Waals surface area contributed by atoms with Gasteiger partial charge in [0.25, 0.3) is 0 Å². The molecular weight excluding hydrogens is 481 g/mol. The van der Waals surface area contributed by atoms with Gasteiger partial charge in [0, 0.05) is 44.6 Å². The van der Waals surface area contributed by atoms with Gasteiger partial charge < -0.3 is 14.7 Å². The van der Waals surface area contributed by atoms with Crippen molar-refractivity contribution < 1.29 is 31.4 Å². The third-order valence-corrected chi connectivity index (χ3v) is 8.97. The van der Waals surface area contributed by atoms with Crippen molar-refractivity contribution >= 4 is 15.7 Å². The SMILES string of the molecule is CC(O)(c1ccc(N2CCN(S(=O)(=O)c3ccccc3)CC2CC2CCOCC2)cc1)C(F)(F)F. The zero-order chi connectivity index (χ0) is 25.3. The Balaban J connectivity index is 1.59. The number of alkyl halides is 3. The molecule has 2 heterocycles. The molecule has 2 aliphatic heterocycles. The third-order valence-electron chi connectivity index (χ3n) is 7.09. The van der Waals surface area contributed by atoms with E-state index in [1.54, 1.807) is 42.5 Å². The summed E-state index contributed by atoms with van der Waals surface area (Å²) in [5, 5.41) is 10.0. The predicted octanol–water partition coefficient (Wildman–Crippen LogP) is 4.15. The standard InChI is InChI=1S/C25H31F3N2O4S/c1-24(31,25(26,27)28)20-7-9-21(10-8-20)30-14-13-29(35(32,33)23-5-3-2-4-6-23)18-22(30)17-19-11-15-34-16-12-19/h2-10,19,22,31H,11-18H2,1H3. The van der Waals surface area contributed by atoms with Gasteiger partial charge in [0.05, 0.1) is 4.90 Å². The fourth-order valence-electron chi connectivity index (χ4n) is 4.84. The smallest absolute Gasteiger partial charge is 0.381 e. The van der Waals surface area contributed by atoms with Gasteiger partial charge in [-0.25, -0.2) is 8.42 Å². The lowest BCUT2D eigenvalue weighted by Crippen LogP contribution is -2.55. The average molecular weight is 513 g/mol. The number of aliphatic hydroxyl groups is 1. The Kier molecular flexibility index (Phi) is 7.47. The van der Waals surface area contributed by atoms with Crippen molar-refractivity contribution in [1.82, 2.24) is 4.31 Å². The van der Waals surface area contributed by atoms with Gasteiger partial charge >= 0.3 is 6.18 Å². The fraction of sp³-hybridized carbons (Fsp3) is 0.520. The molecule has 0 saturated carbocycles. The van der Waals surface area contributed by atoms with Gasteiger partial charge in [-0.15, -0.1) is 0 Å². The number of ether oxygens (including phenoxy) is 1. The predicted molar refractivity (Wildman–Crippen MR) is 127 cm³/mol. The van der Waals surface area contributed by atoms with Crippen molar-refractivity contribution in [2.75, 3.05) is 37.7 Å². The van der Waals surface area contributed by atoms with Crippen LogP contribution in [0.25, 0.3) is 0 Å². The van der Waals surface area contributed by atoms with Gasteiger partial charge in [-0.1, -0.05) is 30.3 Å². The van der Waals surface area contributed by atoms with Crippen LogP contribution in [0.3, 0.4) is 0 Å². The van der Waals surface area contributed by atoms with E-state index in [9.17, 15) is 26.7 Å². The fourth-order valence-corrected chi connectivity index (χ4v) is 6.33. The van der Waals surface area contributed by atoms with Crippen molar-refractivity contribution in [3.63, 3.8) is 0 Å². The number of hydrogen-bond acceptors (Lipinski definition) is 5. The first-order valence-electron chi connectivity index (χ1n) is 11.8. The molecule has 2 atom stereocenters. The van der Waals surface area contributed by atoms with E-state index in [4.69, 9.17) is 4.74 Å². The van der Waals surface area contributed by atoms with Crippen molar-refractivity contribution in [2.24, 2.45) is 5.92 Å². The summed E-state index contributed by atoms with van der Waals surface area (Å²) in [6.45, 7) is 3.05. The number of nitrogens with zero attached hydrogens (tertiary/aromatic N) is 2. The van der Waals surface area contributed by atoms with Gasteiger partial charge in [-0.3, -0.25) is 0 Å². The maximum absolute atomic E-state index is 13.3. The van der Waals surface area contributed by atoms with Crippen LogP contribution < -0.4 is 4.90 Å². The number of benzene rings is 2. The van der Waals surface area contributed by atoms with E-state index in [-0.39, 0.29) is 29.6 Å². The van der Waals surface area contributed by atoms with Crippen LogP contribution in [-0.2, 0) is 20.4 Å². The Bertz CT molecular complexity index is 1090. The summed E-state index contributed by atoms with van der Waals surface area (Å²) in [6.07, 6.45) is -2.25. The van der Waals surface area contributed by atoms with Crippen LogP contribution in [0.1, 0.15) is 31.7 Å². The highest BCUT2D eigenvalue weighted by molar-refractivity contribution is 7.89. The molecule has 4 rings (SSSR count). The molecule has 0 bridgehead atoms. The second-order valence-corrected chi connectivity index (χ2v) is 11.4. The lowest BCUT2D eigenvalue weighted by molar-refractivity contribution is -0.258. The van der Waals surface area contributed by atoms with Crippen LogP contribution in [0, 0.1) is 5.92 Å². The van der Waals surface area contributed by atoms with E-state index in [1.807, 2.05) is 0 Å². The summed E-state index contributed by atoms with van der Waals surface area (Å²) in [7, 11) is -3.66. The molecule has 2 aromatic rings. The summed E-state index contributed by atoms with van der Waals surface area (Å²) < 4.78 is 73.3. The molecule has 10 heteroatoms. The summed E-state index contributed by atoms with van der Waals surface area (Å²) >= 11 is 0. The molecule has 0 aromatic heterocycles. The van der Waals surface area contributed by atoms with Crippen molar-refractivity contribution in [1.29, 1.82) is 0 Å². The number of rotatable bonds is 6. The van der Waals surface area contributed by atoms with Crippen LogP contribution in [0.15, 0.2) is 59.5 Å². The highest BCUT2D eigenvalue weighted by Gasteiger charge is 2.51. The molecule has 2 fully saturated rings. The Morgan fingerprint density at radius 3 is 2.23 bits per heavy atom. The minimum absolute atomic E-state index is 0.140. The minimum Gasteiger partial charge on any atom is -0.381 e. The van der Waals surface area contributed by atoms with Crippen molar-refractivity contribution in [3.8, 4) is 0 Å². The topological polar surface area (TPSA) is 70.1 Å². The zero-order valence-electron chi connectivity index (χ0n) is 19.6. The maximum atomic E-state index is 13.3. The number of halogens is 3. The van der Waals surface area contributed by atoms with E-state index < -0.39 is 21.8 Å². The van der Waals surface area contributed by atoms with Gasteiger partial charge in [0.15, 0.2) is 5.60 Å². The van der Waals surface area contributed by atoms with E-state index in [2.05, 4.69) is 4.90 Å². The summed E-state index contributed by atoms with van der Waals surface area (Å²) in [4.78, 5) is 2.33. The first kappa shape index (κ1) is 25.9. The van der Waals surface area contributed by atoms with Gasteiger partial charge in [0.2, 0.25) is 10.0 Å². The molecular formula is C25H31F3N2O4S. The molecule has 0 aliphatic carbocycles. The number of hydrogen-bond donors (Lipinski definition) is 1. The molecule has 0 spiro atoms. The molecule has 0 radical (unpaired) electrons. The van der Waals surface area contributed by atoms with Crippen molar-refractivity contribution in [2.45, 2.75) is 48.9 Å². The highest BCUT2D eigenvalue weighted by atomic mass is 32.2. The molecule has 2 unspecified atom stereocenters. The molecule has 35 heavy (non-hydrogen) atoms. The van der Waals surface area contributed by atoms with Crippen LogP contribution in [0.4, 0.5) is 18.9 Å². The summed E-state index contributed by atoms with van der Waals surface area (Å²) in [6, 6.07) is 13.9. The summed E-state index contributed by atoms with van der Waals surface area (Å²) in [5.74, 6) is 0.376. The Morgan fingerprint density at radius 1 is 1.00 bits per heavy atom. The van der Waals surface area contributed by atoms with Gasteiger partial charge in [0.1, 0.15) is 0 Å². The van der Waals surface area contributed by atoms with Crippen LogP contribution in [0.2, 0.25) is 0 Å². The quantitative estimate of drug-likeness (QED) is 0.630. The van der Waals surface area contributed by atoms with Crippen LogP contribution in [-0.4, -0.2) is 62.9 Å². The lowest BCUT2D eigenvalue weighted by Gasteiger charge is -2.44. The molecule has 2 aliphatic rings. The molecule has 192 valence electrons. The van der Waals surface area contributed by atoms with Crippen molar-refractivity contribution in [3.05, 3.63) is 60.2 Å². The van der Waals surface area contributed by atoms with E-state index in [1.165, 1.54) is 16.4 Å². The lowest BCUT2D eigenvalue weighted by atomic mass is 9.90. The second kappa shape index (κ2) is 10.1.